The predicted octanol–water partition coefficient (Wildman–Crippen LogP) is 4.82. The molecule has 0 bridgehead atoms. The number of aromatic nitrogens is 2. The lowest BCUT2D eigenvalue weighted by Gasteiger charge is -2.28. The molecule has 1 saturated heterocycles. The highest BCUT2D eigenvalue weighted by Crippen LogP contribution is 2.43. The maximum atomic E-state index is 14.5. The van der Waals surface area contributed by atoms with Gasteiger partial charge >= 0.3 is 6.18 Å². The van der Waals surface area contributed by atoms with E-state index in [2.05, 4.69) is 31.4 Å². The van der Waals surface area contributed by atoms with Gasteiger partial charge in [-0.3, -0.25) is 4.79 Å². The molecule has 1 aliphatic heterocycles. The highest BCUT2D eigenvalue weighted by atomic mass is 32.1. The van der Waals surface area contributed by atoms with Gasteiger partial charge in [0.25, 0.3) is 5.91 Å². The largest absolute Gasteiger partial charge is 0.393 e. The molecule has 1 amide bonds. The van der Waals surface area contributed by atoms with E-state index in [1.807, 2.05) is 13.1 Å². The van der Waals surface area contributed by atoms with Crippen molar-refractivity contribution in [3.63, 3.8) is 0 Å². The van der Waals surface area contributed by atoms with Crippen LogP contribution in [0.15, 0.2) is 47.0 Å². The number of carbonyl (C=O) groups is 1. The Kier molecular flexibility index (Phi) is 8.33. The second kappa shape index (κ2) is 11.9. The minimum Gasteiger partial charge on any atom is -0.378 e. The van der Waals surface area contributed by atoms with Crippen molar-refractivity contribution < 1.29 is 26.9 Å². The number of benzene rings is 2. The van der Waals surface area contributed by atoms with E-state index in [9.17, 15) is 22.4 Å². The number of nitrogens with zero attached hydrogens (tertiary/aromatic N) is 2. The Labute approximate surface area is 231 Å². The third-order valence-corrected chi connectivity index (χ3v) is 7.86. The molecule has 212 valence electrons. The first kappa shape index (κ1) is 28.0. The summed E-state index contributed by atoms with van der Waals surface area (Å²) in [5.74, 6) is -0.299. The SMILES string of the molecule is CNCc1cccc(C(=O)NCc2nc(-c3sc4c(N[C@@H]5CCNC[C@@H]5F)cccc4c3CC(F)(F)F)no2)c1. The first-order chi connectivity index (χ1) is 19.2. The molecule has 2 atom stereocenters. The zero-order chi connectivity index (χ0) is 28.3. The fourth-order valence-corrected chi connectivity index (χ4v) is 5.95. The van der Waals surface area contributed by atoms with Crippen LogP contribution in [0, 0.1) is 0 Å². The van der Waals surface area contributed by atoms with E-state index in [1.165, 1.54) is 0 Å². The monoisotopic (exact) mass is 576 g/mol. The Bertz CT molecular complexity index is 1490. The van der Waals surface area contributed by atoms with Crippen LogP contribution in [0.25, 0.3) is 20.8 Å². The maximum Gasteiger partial charge on any atom is 0.393 e. The summed E-state index contributed by atoms with van der Waals surface area (Å²) in [6, 6.07) is 11.6. The predicted molar refractivity (Wildman–Crippen MR) is 145 cm³/mol. The molecule has 0 aliphatic carbocycles. The molecular weight excluding hydrogens is 548 g/mol. The number of amides is 1. The Hall–Kier alpha value is -3.55. The summed E-state index contributed by atoms with van der Waals surface area (Å²) >= 11 is 1.10. The summed E-state index contributed by atoms with van der Waals surface area (Å²) in [5.41, 5.74) is 1.97. The first-order valence-corrected chi connectivity index (χ1v) is 13.6. The molecule has 3 heterocycles. The Morgan fingerprint density at radius 1 is 1.20 bits per heavy atom. The average molecular weight is 577 g/mol. The number of piperidine rings is 1. The fraction of sp³-hybridized carbons (Fsp3) is 0.370. The minimum atomic E-state index is -4.48. The molecule has 40 heavy (non-hydrogen) atoms. The van der Waals surface area contributed by atoms with Crippen LogP contribution in [0.5, 0.6) is 0 Å². The van der Waals surface area contributed by atoms with Gasteiger partial charge in [0.05, 0.1) is 34.3 Å². The first-order valence-electron chi connectivity index (χ1n) is 12.8. The minimum absolute atomic E-state index is 0.00287. The van der Waals surface area contributed by atoms with Crippen molar-refractivity contribution in [1.29, 1.82) is 0 Å². The molecule has 4 aromatic rings. The second-order valence-corrected chi connectivity index (χ2v) is 10.6. The van der Waals surface area contributed by atoms with Crippen LogP contribution in [0.3, 0.4) is 0 Å². The third kappa shape index (κ3) is 6.43. The van der Waals surface area contributed by atoms with Gasteiger partial charge in [0.2, 0.25) is 11.7 Å². The second-order valence-electron chi connectivity index (χ2n) is 9.57. The van der Waals surface area contributed by atoms with E-state index < -0.39 is 24.8 Å². The molecule has 0 unspecified atom stereocenters. The number of hydrogen-bond donors (Lipinski definition) is 4. The fourth-order valence-electron chi connectivity index (χ4n) is 4.73. The van der Waals surface area contributed by atoms with Crippen molar-refractivity contribution >= 4 is 33.0 Å². The van der Waals surface area contributed by atoms with Crippen LogP contribution in [0.4, 0.5) is 23.2 Å². The van der Waals surface area contributed by atoms with Crippen LogP contribution in [0.1, 0.15) is 33.8 Å². The summed E-state index contributed by atoms with van der Waals surface area (Å²) in [7, 11) is 1.81. The van der Waals surface area contributed by atoms with Gasteiger partial charge in [-0.1, -0.05) is 29.4 Å². The standard InChI is InChI=1S/C27H28F4N6O2S/c1-32-12-15-4-2-5-16(10-15)26(38)34-14-22-36-25(37-39-22)24-18(11-27(29,30)31)17-6-3-7-21(23(17)40-24)35-20-8-9-33-13-19(20)28/h2-7,10,19-20,32-33,35H,8-9,11-14H2,1H3,(H,34,38)/t19-,20+/m0/s1. The highest BCUT2D eigenvalue weighted by Gasteiger charge is 2.33. The zero-order valence-corrected chi connectivity index (χ0v) is 22.4. The molecule has 2 aromatic heterocycles. The molecular formula is C27H28F4N6O2S. The number of halogens is 4. The van der Waals surface area contributed by atoms with Crippen LogP contribution in [0.2, 0.25) is 0 Å². The topological polar surface area (TPSA) is 104 Å². The summed E-state index contributed by atoms with van der Waals surface area (Å²) in [5, 5.41) is 16.2. The quantitative estimate of drug-likeness (QED) is 0.212. The van der Waals surface area contributed by atoms with Gasteiger partial charge in [-0.2, -0.15) is 18.2 Å². The molecule has 2 aromatic carbocycles. The van der Waals surface area contributed by atoms with E-state index in [-0.39, 0.29) is 41.2 Å². The van der Waals surface area contributed by atoms with Gasteiger partial charge in [-0.05, 0) is 54.7 Å². The van der Waals surface area contributed by atoms with Gasteiger partial charge < -0.3 is 25.8 Å². The van der Waals surface area contributed by atoms with E-state index in [0.717, 1.165) is 16.9 Å². The van der Waals surface area contributed by atoms with Gasteiger partial charge in [0, 0.05) is 18.7 Å². The lowest BCUT2D eigenvalue weighted by Crippen LogP contribution is -2.45. The third-order valence-electron chi connectivity index (χ3n) is 6.59. The zero-order valence-electron chi connectivity index (χ0n) is 21.6. The lowest BCUT2D eigenvalue weighted by molar-refractivity contribution is -0.126. The normalized spacial score (nSPS) is 17.7. The molecule has 5 rings (SSSR count). The van der Waals surface area contributed by atoms with Crippen LogP contribution < -0.4 is 21.3 Å². The summed E-state index contributed by atoms with van der Waals surface area (Å²) in [6.45, 7) is 1.37. The van der Waals surface area contributed by atoms with Crippen LogP contribution in [-0.2, 0) is 19.5 Å². The summed E-state index contributed by atoms with van der Waals surface area (Å²) < 4.78 is 61.2. The number of thiophene rings is 1. The van der Waals surface area contributed by atoms with Crippen molar-refractivity contribution in [3.05, 3.63) is 65.0 Å². The van der Waals surface area contributed by atoms with Crippen molar-refractivity contribution in [3.8, 4) is 10.7 Å². The molecule has 1 aliphatic rings. The molecule has 0 saturated carbocycles. The number of alkyl halides is 4. The number of anilines is 1. The van der Waals surface area contributed by atoms with Crippen molar-refractivity contribution in [2.24, 2.45) is 0 Å². The van der Waals surface area contributed by atoms with E-state index in [1.54, 1.807) is 36.4 Å². The summed E-state index contributed by atoms with van der Waals surface area (Å²) in [6.07, 6.45) is -6.24. The molecule has 0 spiro atoms. The number of carbonyl (C=O) groups excluding carboxylic acids is 1. The average Bonchev–Trinajstić information content (AvgIpc) is 3.53. The molecule has 8 nitrogen and oxygen atoms in total. The Balaban J connectivity index is 1.40. The number of fused-ring (bicyclic) bond motifs is 1. The Morgan fingerprint density at radius 3 is 2.80 bits per heavy atom. The molecule has 4 N–H and O–H groups in total. The van der Waals surface area contributed by atoms with Crippen molar-refractivity contribution in [2.75, 3.05) is 25.5 Å². The van der Waals surface area contributed by atoms with Crippen molar-refractivity contribution in [1.82, 2.24) is 26.1 Å². The molecule has 0 radical (unpaired) electrons. The highest BCUT2D eigenvalue weighted by molar-refractivity contribution is 7.23. The number of rotatable bonds is 9. The summed E-state index contributed by atoms with van der Waals surface area (Å²) in [4.78, 5) is 17.1. The smallest absolute Gasteiger partial charge is 0.378 e. The van der Waals surface area contributed by atoms with E-state index in [0.29, 0.717) is 40.8 Å². The van der Waals surface area contributed by atoms with Gasteiger partial charge in [-0.15, -0.1) is 11.3 Å². The maximum absolute atomic E-state index is 14.5. The lowest BCUT2D eigenvalue weighted by atomic mass is 10.0. The van der Waals surface area contributed by atoms with Crippen LogP contribution >= 0.6 is 11.3 Å². The number of nitrogens with one attached hydrogen (secondary N) is 4. The van der Waals surface area contributed by atoms with Gasteiger partial charge in [-0.25, -0.2) is 4.39 Å². The van der Waals surface area contributed by atoms with Crippen LogP contribution in [-0.4, -0.2) is 54.6 Å². The molecule has 13 heteroatoms. The molecule has 1 fully saturated rings. The van der Waals surface area contributed by atoms with E-state index in [4.69, 9.17) is 4.52 Å². The Morgan fingerprint density at radius 2 is 2.02 bits per heavy atom. The van der Waals surface area contributed by atoms with E-state index >= 15 is 0 Å². The van der Waals surface area contributed by atoms with Crippen molar-refractivity contribution in [2.45, 2.75) is 44.3 Å². The van der Waals surface area contributed by atoms with Gasteiger partial charge in [0.15, 0.2) is 0 Å². The number of hydrogen-bond acceptors (Lipinski definition) is 8. The van der Waals surface area contributed by atoms with Gasteiger partial charge in [0.1, 0.15) is 6.17 Å².